The molecule has 6 bridgehead atoms. The second-order valence-corrected chi connectivity index (χ2v) is 21.4. The molecule has 2 aromatic carbocycles. The number of allylic oxidation sites excluding steroid dienone is 2. The predicted octanol–water partition coefficient (Wildman–Crippen LogP) is 10.00. The van der Waals surface area contributed by atoms with Crippen molar-refractivity contribution in [2.24, 2.45) is 39.4 Å². The van der Waals surface area contributed by atoms with Crippen molar-refractivity contribution >= 4 is 17.7 Å². The summed E-state index contributed by atoms with van der Waals surface area (Å²) in [5.41, 5.74) is -3.34. The molecule has 2 N–H and O–H groups in total. The molecule has 7 aliphatic carbocycles. The molecule has 0 radical (unpaired) electrons. The van der Waals surface area contributed by atoms with Gasteiger partial charge in [-0.3, -0.25) is 14.4 Å². The highest BCUT2D eigenvalue weighted by Gasteiger charge is 2.76. The fourth-order valence-electron chi connectivity index (χ4n) is 13.2. The molecule has 8 aliphatic rings. The molecule has 1 amide bonds. The zero-order valence-electron chi connectivity index (χ0n) is 36.5. The summed E-state index contributed by atoms with van der Waals surface area (Å²) in [6.07, 6.45) is 4.38. The molecule has 2 aromatic rings. The minimum absolute atomic E-state index is 0.0296. The van der Waals surface area contributed by atoms with Crippen LogP contribution < -0.4 is 0 Å². The number of aliphatic hydroxyl groups is 2. The van der Waals surface area contributed by atoms with Crippen molar-refractivity contribution in [3.63, 3.8) is 0 Å². The highest BCUT2D eigenvalue weighted by atomic mass is 19.4. The van der Waals surface area contributed by atoms with Gasteiger partial charge in [0.2, 0.25) is 0 Å². The van der Waals surface area contributed by atoms with E-state index in [4.69, 9.17) is 4.74 Å². The summed E-state index contributed by atoms with van der Waals surface area (Å²) in [7, 11) is 0. The number of hydrogen-bond donors (Lipinski definition) is 2. The lowest BCUT2D eigenvalue weighted by Crippen LogP contribution is -2.62. The Morgan fingerprint density at radius 1 is 0.933 bits per heavy atom. The molecule has 0 spiro atoms. The minimum atomic E-state index is -4.63. The number of ketones is 1. The first-order valence-corrected chi connectivity index (χ1v) is 22.4. The first-order chi connectivity index (χ1) is 28.0. The van der Waals surface area contributed by atoms with Crippen LogP contribution in [-0.2, 0) is 26.9 Å². The summed E-state index contributed by atoms with van der Waals surface area (Å²) < 4.78 is 48.0. The van der Waals surface area contributed by atoms with Crippen LogP contribution in [0, 0.1) is 39.4 Å². The van der Waals surface area contributed by atoms with Gasteiger partial charge in [0.1, 0.15) is 0 Å². The van der Waals surface area contributed by atoms with E-state index in [2.05, 4.69) is 33.8 Å². The number of aliphatic hydroxyl groups excluding tert-OH is 1. The average Bonchev–Trinajstić information content (AvgIpc) is 3.63. The van der Waals surface area contributed by atoms with Crippen LogP contribution in [0.4, 0.5) is 13.2 Å². The molecule has 1 heterocycles. The third-order valence-electron chi connectivity index (χ3n) is 18.0. The molecule has 9 atom stereocenters. The van der Waals surface area contributed by atoms with Crippen molar-refractivity contribution in [2.75, 3.05) is 13.1 Å². The van der Waals surface area contributed by atoms with E-state index in [1.165, 1.54) is 12.1 Å². The number of fused-ring (bicyclic) bond motifs is 12. The van der Waals surface area contributed by atoms with Crippen molar-refractivity contribution < 1.29 is 42.5 Å². The molecule has 7 nitrogen and oxygen atoms in total. The number of carbonyl (C=O) groups excluding carboxylic acids is 3. The molecule has 1 saturated heterocycles. The Morgan fingerprint density at radius 3 is 2.33 bits per heavy atom. The number of benzene rings is 2. The van der Waals surface area contributed by atoms with Gasteiger partial charge in [-0.15, -0.1) is 0 Å². The van der Waals surface area contributed by atoms with E-state index in [1.807, 2.05) is 37.8 Å². The highest BCUT2D eigenvalue weighted by molar-refractivity contribution is 6.10. The Labute approximate surface area is 353 Å². The second kappa shape index (κ2) is 14.5. The first kappa shape index (κ1) is 43.2. The number of esters is 1. The summed E-state index contributed by atoms with van der Waals surface area (Å²) in [4.78, 5) is 45.5. The lowest BCUT2D eigenvalue weighted by atomic mass is 9.45. The van der Waals surface area contributed by atoms with Gasteiger partial charge in [0, 0.05) is 28.5 Å². The zero-order valence-corrected chi connectivity index (χ0v) is 36.5. The molecule has 6 fully saturated rings. The fraction of sp³-hybridized carbons (Fsp3) is 0.660. The van der Waals surface area contributed by atoms with Gasteiger partial charge in [0.05, 0.1) is 29.2 Å². The monoisotopic (exact) mass is 831 g/mol. The molecule has 1 aliphatic heterocycles. The van der Waals surface area contributed by atoms with E-state index >= 15 is 4.79 Å². The second-order valence-electron chi connectivity index (χ2n) is 21.4. The van der Waals surface area contributed by atoms with Gasteiger partial charge in [-0.25, -0.2) is 0 Å². The van der Waals surface area contributed by atoms with Gasteiger partial charge in [-0.1, -0.05) is 70.5 Å². The Bertz CT molecular complexity index is 2110. The van der Waals surface area contributed by atoms with Crippen molar-refractivity contribution in [3.8, 4) is 0 Å². The lowest BCUT2D eigenvalue weighted by Gasteiger charge is -2.61. The number of alkyl halides is 3. The molecule has 10 rings (SSSR count). The van der Waals surface area contributed by atoms with Gasteiger partial charge < -0.3 is 19.8 Å². The van der Waals surface area contributed by atoms with Crippen LogP contribution in [-0.4, -0.2) is 63.2 Å². The van der Waals surface area contributed by atoms with Gasteiger partial charge >= 0.3 is 12.1 Å². The zero-order chi connectivity index (χ0) is 43.4. The Morgan fingerprint density at radius 2 is 1.68 bits per heavy atom. The summed E-state index contributed by atoms with van der Waals surface area (Å²) in [5, 5.41) is 24.5. The molecule has 326 valence electrons. The fourth-order valence-corrected chi connectivity index (χ4v) is 13.2. The van der Waals surface area contributed by atoms with Crippen LogP contribution in [0.3, 0.4) is 0 Å². The standard InChI is InChI=1S/C50H64F3NO6/c1-30-10-9-20-46(6)39(37-18-14-31(24-36(55)17-13-30)25-38(37)41(56)32-11-8-12-35(26-32)50(51,52)53)19-21-48(46,59)29-54(28-33-15-16-34-27-40(33)44(34,2)3)42(57)49-23-22-47(7,43(58)60-49)45(49,4)5/h8,10-12,14,18,25-26,33-34,36,39-40,55,59H,9,13,15-17,19-24,27-29H2,1-7H3/t33-,34-,36-,39-,40-,46-,47-,48+,49+/m0/s1. The molecule has 0 aromatic heterocycles. The summed E-state index contributed by atoms with van der Waals surface area (Å²) in [6.45, 7) is 15.1. The van der Waals surface area contributed by atoms with Crippen LogP contribution >= 0.6 is 0 Å². The lowest BCUT2D eigenvalue weighted by molar-refractivity contribution is -0.181. The van der Waals surface area contributed by atoms with E-state index < -0.39 is 57.0 Å². The third-order valence-corrected chi connectivity index (χ3v) is 18.0. The van der Waals surface area contributed by atoms with Crippen LogP contribution in [0.5, 0.6) is 0 Å². The van der Waals surface area contributed by atoms with E-state index in [0.717, 1.165) is 37.0 Å². The van der Waals surface area contributed by atoms with Crippen LogP contribution in [0.1, 0.15) is 158 Å². The number of amides is 1. The van der Waals surface area contributed by atoms with Gasteiger partial charge in [0.25, 0.3) is 5.91 Å². The number of hydrogen-bond acceptors (Lipinski definition) is 6. The molecule has 10 heteroatoms. The minimum Gasteiger partial charge on any atom is -0.448 e. The molecular formula is C50H64F3NO6. The number of carbonyl (C=O) groups is 3. The number of rotatable bonds is 7. The molecule has 0 unspecified atom stereocenters. The molecule has 5 saturated carbocycles. The van der Waals surface area contributed by atoms with Crippen molar-refractivity contribution in [1.82, 2.24) is 4.90 Å². The largest absolute Gasteiger partial charge is 0.448 e. The quantitative estimate of drug-likeness (QED) is 0.164. The van der Waals surface area contributed by atoms with Crippen LogP contribution in [0.15, 0.2) is 54.1 Å². The summed E-state index contributed by atoms with van der Waals surface area (Å²) in [5.74, 6) is -0.201. The Kier molecular flexibility index (Phi) is 10.5. The maximum Gasteiger partial charge on any atom is 0.416 e. The Balaban J connectivity index is 1.22. The maximum atomic E-state index is 15.5. The van der Waals surface area contributed by atoms with Crippen LogP contribution in [0.2, 0.25) is 0 Å². The van der Waals surface area contributed by atoms with E-state index in [9.17, 15) is 33.0 Å². The highest BCUT2D eigenvalue weighted by Crippen LogP contribution is 2.67. The average molecular weight is 832 g/mol. The molecular weight excluding hydrogens is 768 g/mol. The number of halogens is 3. The smallest absolute Gasteiger partial charge is 0.416 e. The Hall–Kier alpha value is -3.50. The van der Waals surface area contributed by atoms with Gasteiger partial charge in [-0.2, -0.15) is 13.2 Å². The van der Waals surface area contributed by atoms with Crippen molar-refractivity contribution in [2.45, 2.75) is 155 Å². The van der Waals surface area contributed by atoms with E-state index in [0.29, 0.717) is 80.9 Å². The third kappa shape index (κ3) is 6.54. The summed E-state index contributed by atoms with van der Waals surface area (Å²) >= 11 is 0. The van der Waals surface area contributed by atoms with E-state index in [-0.39, 0.29) is 47.3 Å². The topological polar surface area (TPSA) is 104 Å². The SMILES string of the molecule is CC1=CCC[C@@]2(C)[C@@H](CC[C@@]2(O)CN(C[C@@H]2CC[C@H]3C[C@@H]2C3(C)C)C(=O)[C@@]23CC[C@@](C)(C(=O)O2)C3(C)C)c2ccc(cc2C(=O)c2cccc(C(F)(F)F)c2)C[C@@H](O)CC1. The van der Waals surface area contributed by atoms with Crippen molar-refractivity contribution in [3.05, 3.63) is 81.9 Å². The first-order valence-electron chi connectivity index (χ1n) is 22.4. The number of ether oxygens (including phenoxy) is 1. The predicted molar refractivity (Wildman–Crippen MR) is 223 cm³/mol. The van der Waals surface area contributed by atoms with Crippen molar-refractivity contribution in [1.29, 1.82) is 0 Å². The normalized spacial score (nSPS) is 36.8. The van der Waals surface area contributed by atoms with Gasteiger partial charge in [0.15, 0.2) is 11.4 Å². The van der Waals surface area contributed by atoms with Crippen LogP contribution in [0.25, 0.3) is 0 Å². The van der Waals surface area contributed by atoms with E-state index in [1.54, 1.807) is 6.07 Å². The summed E-state index contributed by atoms with van der Waals surface area (Å²) in [6, 6.07) is 10.0. The maximum absolute atomic E-state index is 15.5. The molecule has 60 heavy (non-hydrogen) atoms. The number of nitrogens with zero attached hydrogens (tertiary/aromatic N) is 1. The van der Waals surface area contributed by atoms with Gasteiger partial charge in [-0.05, 0) is 149 Å².